The number of esters is 1. The van der Waals surface area contributed by atoms with E-state index in [0.29, 0.717) is 16.5 Å². The molecule has 2 amide bonds. The molecule has 1 heterocycles. The number of thiophene rings is 1. The predicted molar refractivity (Wildman–Crippen MR) is 109 cm³/mol. The van der Waals surface area contributed by atoms with Gasteiger partial charge in [-0.3, -0.25) is 9.59 Å². The first-order valence-corrected chi connectivity index (χ1v) is 9.89. The third-order valence-corrected chi connectivity index (χ3v) is 5.74. The van der Waals surface area contributed by atoms with Crippen LogP contribution in [0.5, 0.6) is 0 Å². The van der Waals surface area contributed by atoms with Crippen LogP contribution in [-0.4, -0.2) is 24.4 Å². The monoisotopic (exact) mass is 398 g/mol. The number of carbonyl (C=O) groups is 3. The Labute approximate surface area is 167 Å². The maximum Gasteiger partial charge on any atom is 0.331 e. The summed E-state index contributed by atoms with van der Waals surface area (Å²) in [7, 11) is 0. The summed E-state index contributed by atoms with van der Waals surface area (Å²) in [5.41, 5.74) is 7.71. The number of primary amides is 1. The number of nitrogens with two attached hydrogens (primary N) is 1. The summed E-state index contributed by atoms with van der Waals surface area (Å²) in [6.07, 6.45) is 5.52. The van der Waals surface area contributed by atoms with Crippen molar-refractivity contribution in [3.63, 3.8) is 0 Å². The number of amides is 2. The number of anilines is 1. The lowest BCUT2D eigenvalue weighted by molar-refractivity contribution is -0.142. The third-order valence-electron chi connectivity index (χ3n) is 4.57. The molecule has 6 nitrogen and oxygen atoms in total. The van der Waals surface area contributed by atoms with E-state index >= 15 is 0 Å². The number of hydrogen-bond acceptors (Lipinski definition) is 5. The van der Waals surface area contributed by atoms with Gasteiger partial charge in [-0.05, 0) is 42.4 Å². The van der Waals surface area contributed by atoms with Crippen molar-refractivity contribution in [1.29, 1.82) is 0 Å². The average Bonchev–Trinajstić information content (AvgIpc) is 3.02. The van der Waals surface area contributed by atoms with Gasteiger partial charge in [0.2, 0.25) is 0 Å². The Bertz CT molecular complexity index is 918. The third kappa shape index (κ3) is 4.86. The van der Waals surface area contributed by atoms with Crippen LogP contribution in [0.4, 0.5) is 5.00 Å². The highest BCUT2D eigenvalue weighted by molar-refractivity contribution is 7.17. The van der Waals surface area contributed by atoms with Gasteiger partial charge in [0.1, 0.15) is 5.00 Å². The molecule has 0 radical (unpaired) electrons. The second kappa shape index (κ2) is 8.84. The lowest BCUT2D eigenvalue weighted by atomic mass is 9.88. The molecule has 1 aromatic heterocycles. The Balaban J connectivity index is 1.60. The molecule has 28 heavy (non-hydrogen) atoms. The van der Waals surface area contributed by atoms with E-state index in [1.165, 1.54) is 17.4 Å². The van der Waals surface area contributed by atoms with Crippen molar-refractivity contribution < 1.29 is 19.1 Å². The van der Waals surface area contributed by atoms with E-state index in [1.54, 1.807) is 6.08 Å². The van der Waals surface area contributed by atoms with Crippen molar-refractivity contribution in [1.82, 2.24) is 0 Å². The zero-order valence-corrected chi connectivity index (χ0v) is 16.4. The second-order valence-electron chi connectivity index (χ2n) is 6.82. The SMILES string of the molecule is CC1CCc2c(sc(NC(=O)COC(=O)C=Cc3ccccc3)c2C(N)=O)C1. The number of fused-ring (bicyclic) bond motifs is 1. The van der Waals surface area contributed by atoms with Crippen LogP contribution in [0.1, 0.15) is 39.7 Å². The minimum Gasteiger partial charge on any atom is -0.452 e. The average molecular weight is 398 g/mol. The minimum absolute atomic E-state index is 0.385. The molecule has 1 aliphatic rings. The van der Waals surface area contributed by atoms with Crippen LogP contribution < -0.4 is 11.1 Å². The highest BCUT2D eigenvalue weighted by Gasteiger charge is 2.27. The molecule has 146 valence electrons. The zero-order chi connectivity index (χ0) is 20.1. The fraction of sp³-hybridized carbons (Fsp3) is 0.286. The fourth-order valence-electron chi connectivity index (χ4n) is 3.18. The quantitative estimate of drug-likeness (QED) is 0.577. The summed E-state index contributed by atoms with van der Waals surface area (Å²) in [5, 5.41) is 3.11. The molecule has 0 spiro atoms. The summed E-state index contributed by atoms with van der Waals surface area (Å²) in [4.78, 5) is 36.9. The van der Waals surface area contributed by atoms with Crippen molar-refractivity contribution in [3.8, 4) is 0 Å². The molecule has 1 atom stereocenters. The molecular formula is C21H22N2O4S. The molecule has 3 N–H and O–H groups in total. The molecule has 1 aliphatic carbocycles. The van der Waals surface area contributed by atoms with Crippen molar-refractivity contribution in [2.75, 3.05) is 11.9 Å². The number of nitrogens with one attached hydrogen (secondary N) is 1. The highest BCUT2D eigenvalue weighted by atomic mass is 32.1. The molecule has 7 heteroatoms. The van der Waals surface area contributed by atoms with Crippen LogP contribution in [0.2, 0.25) is 0 Å². The van der Waals surface area contributed by atoms with Gasteiger partial charge in [0.15, 0.2) is 6.61 Å². The smallest absolute Gasteiger partial charge is 0.331 e. The Hall–Kier alpha value is -2.93. The Kier molecular flexibility index (Phi) is 6.26. The van der Waals surface area contributed by atoms with Gasteiger partial charge in [0.25, 0.3) is 11.8 Å². The number of carbonyl (C=O) groups excluding carboxylic acids is 3. The maximum absolute atomic E-state index is 12.2. The molecule has 2 aromatic rings. The lowest BCUT2D eigenvalue weighted by Crippen LogP contribution is -2.22. The lowest BCUT2D eigenvalue weighted by Gasteiger charge is -2.18. The van der Waals surface area contributed by atoms with E-state index in [4.69, 9.17) is 10.5 Å². The van der Waals surface area contributed by atoms with Crippen LogP contribution in [0.3, 0.4) is 0 Å². The van der Waals surface area contributed by atoms with E-state index in [-0.39, 0.29) is 0 Å². The predicted octanol–water partition coefficient (Wildman–Crippen LogP) is 3.17. The minimum atomic E-state index is -0.617. The van der Waals surface area contributed by atoms with Gasteiger partial charge < -0.3 is 15.8 Å². The van der Waals surface area contributed by atoms with Crippen molar-refractivity contribution >= 4 is 40.2 Å². The number of hydrogen-bond donors (Lipinski definition) is 2. The van der Waals surface area contributed by atoms with E-state index in [1.807, 2.05) is 30.3 Å². The summed E-state index contributed by atoms with van der Waals surface area (Å²) < 4.78 is 4.97. The van der Waals surface area contributed by atoms with Crippen molar-refractivity contribution in [2.45, 2.75) is 26.2 Å². The first-order valence-electron chi connectivity index (χ1n) is 9.08. The van der Waals surface area contributed by atoms with Gasteiger partial charge >= 0.3 is 5.97 Å². The Morgan fingerprint density at radius 1 is 1.29 bits per heavy atom. The van der Waals surface area contributed by atoms with Crippen LogP contribution in [0.15, 0.2) is 36.4 Å². The van der Waals surface area contributed by atoms with Crippen LogP contribution in [0, 0.1) is 5.92 Å². The summed E-state index contributed by atoms with van der Waals surface area (Å²) in [6.45, 7) is 1.72. The molecule has 3 rings (SSSR count). The molecule has 1 unspecified atom stereocenters. The van der Waals surface area contributed by atoms with E-state index < -0.39 is 24.4 Å². The Morgan fingerprint density at radius 2 is 2.04 bits per heavy atom. The first-order chi connectivity index (χ1) is 13.4. The maximum atomic E-state index is 12.2. The molecule has 0 bridgehead atoms. The van der Waals surface area contributed by atoms with Gasteiger partial charge in [-0.15, -0.1) is 11.3 Å². The van der Waals surface area contributed by atoms with Crippen LogP contribution in [-0.2, 0) is 27.2 Å². The van der Waals surface area contributed by atoms with Crippen LogP contribution >= 0.6 is 11.3 Å². The number of benzene rings is 1. The molecule has 0 fully saturated rings. The van der Waals surface area contributed by atoms with Gasteiger partial charge in [-0.2, -0.15) is 0 Å². The number of ether oxygens (including phenoxy) is 1. The molecule has 1 aromatic carbocycles. The van der Waals surface area contributed by atoms with E-state index in [2.05, 4.69) is 12.2 Å². The van der Waals surface area contributed by atoms with Gasteiger partial charge in [0.05, 0.1) is 5.56 Å². The summed E-state index contributed by atoms with van der Waals surface area (Å²) in [6, 6.07) is 9.29. The van der Waals surface area contributed by atoms with E-state index in [0.717, 1.165) is 35.3 Å². The topological polar surface area (TPSA) is 98.5 Å². The molecule has 0 aliphatic heterocycles. The fourth-order valence-corrected chi connectivity index (χ4v) is 4.61. The van der Waals surface area contributed by atoms with E-state index in [9.17, 15) is 14.4 Å². The second-order valence-corrected chi connectivity index (χ2v) is 7.93. The Morgan fingerprint density at radius 3 is 2.75 bits per heavy atom. The summed E-state index contributed by atoms with van der Waals surface area (Å²) in [5.74, 6) is -1.14. The van der Waals surface area contributed by atoms with Gasteiger partial charge in [0, 0.05) is 11.0 Å². The highest BCUT2D eigenvalue weighted by Crippen LogP contribution is 2.39. The molecule has 0 saturated heterocycles. The first kappa shape index (κ1) is 19.8. The molecule has 0 saturated carbocycles. The van der Waals surface area contributed by atoms with Crippen molar-refractivity contribution in [3.05, 3.63) is 58.0 Å². The summed E-state index contributed by atoms with van der Waals surface area (Å²) >= 11 is 1.38. The zero-order valence-electron chi connectivity index (χ0n) is 15.6. The number of rotatable bonds is 6. The normalized spacial score (nSPS) is 15.8. The molecular weight excluding hydrogens is 376 g/mol. The van der Waals surface area contributed by atoms with Gasteiger partial charge in [-0.25, -0.2) is 4.79 Å². The van der Waals surface area contributed by atoms with Crippen LogP contribution in [0.25, 0.3) is 6.08 Å². The van der Waals surface area contributed by atoms with Crippen molar-refractivity contribution in [2.24, 2.45) is 11.7 Å². The standard InChI is InChI=1S/C21H22N2O4S/c1-13-7-9-15-16(11-13)28-21(19(15)20(22)26)23-17(24)12-27-18(25)10-8-14-5-3-2-4-6-14/h2-6,8,10,13H,7,9,11-12H2,1H3,(H2,22,26)(H,23,24). The van der Waals surface area contributed by atoms with Gasteiger partial charge in [-0.1, -0.05) is 37.3 Å². The largest absolute Gasteiger partial charge is 0.452 e.